The lowest BCUT2D eigenvalue weighted by Gasteiger charge is -2.16. The van der Waals surface area contributed by atoms with Crippen molar-refractivity contribution in [1.29, 1.82) is 0 Å². The van der Waals surface area contributed by atoms with Crippen molar-refractivity contribution in [3.8, 4) is 0 Å². The lowest BCUT2D eigenvalue weighted by Crippen LogP contribution is -2.29. The SMILES string of the molecule is CC(CCN)SCC(=O)N1CCCC1. The Morgan fingerprint density at radius 3 is 2.71 bits per heavy atom. The normalized spacial score (nSPS) is 18.6. The van der Waals surface area contributed by atoms with Crippen LogP contribution in [-0.2, 0) is 4.79 Å². The first-order chi connectivity index (χ1) is 6.74. The van der Waals surface area contributed by atoms with E-state index in [1.54, 1.807) is 11.8 Å². The molecule has 0 aromatic rings. The van der Waals surface area contributed by atoms with Crippen molar-refractivity contribution in [2.24, 2.45) is 5.73 Å². The summed E-state index contributed by atoms with van der Waals surface area (Å²) in [5.74, 6) is 0.928. The van der Waals surface area contributed by atoms with Crippen LogP contribution < -0.4 is 5.73 Å². The monoisotopic (exact) mass is 216 g/mol. The van der Waals surface area contributed by atoms with Crippen LogP contribution in [0.2, 0.25) is 0 Å². The smallest absolute Gasteiger partial charge is 0.232 e. The molecule has 1 heterocycles. The molecule has 2 N–H and O–H groups in total. The molecule has 82 valence electrons. The van der Waals surface area contributed by atoms with Crippen LogP contribution in [0.25, 0.3) is 0 Å². The third-order valence-electron chi connectivity index (χ3n) is 2.52. The summed E-state index contributed by atoms with van der Waals surface area (Å²) in [5.41, 5.74) is 5.45. The quantitative estimate of drug-likeness (QED) is 0.748. The van der Waals surface area contributed by atoms with Crippen LogP contribution in [0.5, 0.6) is 0 Å². The number of amides is 1. The number of nitrogens with zero attached hydrogens (tertiary/aromatic N) is 1. The summed E-state index contributed by atoms with van der Waals surface area (Å²) in [4.78, 5) is 13.6. The molecule has 0 bridgehead atoms. The first-order valence-corrected chi connectivity index (χ1v) is 6.38. The molecule has 4 heteroatoms. The summed E-state index contributed by atoms with van der Waals surface area (Å²) in [5, 5.41) is 0.506. The number of nitrogens with two attached hydrogens (primary N) is 1. The third kappa shape index (κ3) is 3.88. The van der Waals surface area contributed by atoms with Crippen molar-refractivity contribution < 1.29 is 4.79 Å². The Balaban J connectivity index is 2.13. The molecule has 0 saturated carbocycles. The summed E-state index contributed by atoms with van der Waals surface area (Å²) in [7, 11) is 0. The Bertz CT molecular complexity index is 181. The van der Waals surface area contributed by atoms with Crippen LogP contribution in [0.1, 0.15) is 26.2 Å². The van der Waals surface area contributed by atoms with Crippen LogP contribution in [0.15, 0.2) is 0 Å². The van der Waals surface area contributed by atoms with E-state index in [9.17, 15) is 4.79 Å². The predicted molar refractivity (Wildman–Crippen MR) is 61.4 cm³/mol. The van der Waals surface area contributed by atoms with Crippen molar-refractivity contribution in [3.63, 3.8) is 0 Å². The zero-order valence-electron chi connectivity index (χ0n) is 8.87. The van der Waals surface area contributed by atoms with E-state index in [-0.39, 0.29) is 0 Å². The molecular weight excluding hydrogens is 196 g/mol. The van der Waals surface area contributed by atoms with Crippen molar-refractivity contribution >= 4 is 17.7 Å². The first-order valence-electron chi connectivity index (χ1n) is 5.33. The molecule has 1 rings (SSSR count). The van der Waals surface area contributed by atoms with E-state index in [0.717, 1.165) is 19.5 Å². The molecule has 1 unspecified atom stereocenters. The van der Waals surface area contributed by atoms with Gasteiger partial charge in [0.25, 0.3) is 0 Å². The molecule has 0 radical (unpaired) electrons. The molecule has 1 atom stereocenters. The lowest BCUT2D eigenvalue weighted by molar-refractivity contribution is -0.127. The summed E-state index contributed by atoms with van der Waals surface area (Å²) >= 11 is 1.72. The number of carbonyl (C=O) groups excluding carboxylic acids is 1. The Labute approximate surface area is 90.4 Å². The minimum absolute atomic E-state index is 0.302. The summed E-state index contributed by atoms with van der Waals surface area (Å²) in [6, 6.07) is 0. The molecule has 1 saturated heterocycles. The second-order valence-electron chi connectivity index (χ2n) is 3.79. The van der Waals surface area contributed by atoms with Crippen LogP contribution in [0.4, 0.5) is 0 Å². The zero-order valence-corrected chi connectivity index (χ0v) is 9.68. The molecule has 0 aromatic heterocycles. The number of likely N-dealkylation sites (tertiary alicyclic amines) is 1. The van der Waals surface area contributed by atoms with Crippen LogP contribution >= 0.6 is 11.8 Å². The van der Waals surface area contributed by atoms with Gasteiger partial charge in [-0.15, -0.1) is 11.8 Å². The molecule has 14 heavy (non-hydrogen) atoms. The Hall–Kier alpha value is -0.220. The van der Waals surface area contributed by atoms with E-state index in [1.807, 2.05) is 4.90 Å². The van der Waals surface area contributed by atoms with Crippen molar-refractivity contribution in [3.05, 3.63) is 0 Å². The highest BCUT2D eigenvalue weighted by molar-refractivity contribution is 8.00. The fourth-order valence-electron chi connectivity index (χ4n) is 1.59. The van der Waals surface area contributed by atoms with E-state index in [0.29, 0.717) is 23.5 Å². The van der Waals surface area contributed by atoms with Gasteiger partial charge in [0, 0.05) is 18.3 Å². The number of carbonyl (C=O) groups is 1. The molecular formula is C10H20N2OS. The highest BCUT2D eigenvalue weighted by atomic mass is 32.2. The van der Waals surface area contributed by atoms with Gasteiger partial charge in [0.1, 0.15) is 0 Å². The van der Waals surface area contributed by atoms with E-state index in [4.69, 9.17) is 5.73 Å². The molecule has 0 aromatic carbocycles. The Morgan fingerprint density at radius 2 is 2.14 bits per heavy atom. The highest BCUT2D eigenvalue weighted by Crippen LogP contribution is 2.16. The lowest BCUT2D eigenvalue weighted by atomic mass is 10.3. The number of hydrogen-bond donors (Lipinski definition) is 1. The standard InChI is InChI=1S/C10H20N2OS/c1-9(4-5-11)14-8-10(13)12-6-2-3-7-12/h9H,2-8,11H2,1H3. The fourth-order valence-corrected chi connectivity index (χ4v) is 2.50. The average molecular weight is 216 g/mol. The average Bonchev–Trinajstić information content (AvgIpc) is 2.67. The van der Waals surface area contributed by atoms with Gasteiger partial charge in [-0.3, -0.25) is 4.79 Å². The topological polar surface area (TPSA) is 46.3 Å². The van der Waals surface area contributed by atoms with Gasteiger partial charge in [-0.25, -0.2) is 0 Å². The minimum atomic E-state index is 0.302. The molecule has 1 aliphatic rings. The van der Waals surface area contributed by atoms with E-state index in [2.05, 4.69) is 6.92 Å². The number of rotatable bonds is 5. The van der Waals surface area contributed by atoms with Crippen LogP contribution in [0, 0.1) is 0 Å². The fraction of sp³-hybridized carbons (Fsp3) is 0.900. The van der Waals surface area contributed by atoms with Crippen LogP contribution in [-0.4, -0.2) is 41.4 Å². The first kappa shape index (κ1) is 11.9. The molecule has 1 fully saturated rings. The predicted octanol–water partition coefficient (Wildman–Crippen LogP) is 1.08. The maximum Gasteiger partial charge on any atom is 0.232 e. The van der Waals surface area contributed by atoms with Gasteiger partial charge in [0.05, 0.1) is 5.75 Å². The molecule has 0 spiro atoms. The molecule has 0 aliphatic carbocycles. The molecule has 1 amide bonds. The summed E-state index contributed by atoms with van der Waals surface area (Å²) < 4.78 is 0. The number of thioether (sulfide) groups is 1. The van der Waals surface area contributed by atoms with Gasteiger partial charge < -0.3 is 10.6 Å². The van der Waals surface area contributed by atoms with Gasteiger partial charge in [-0.1, -0.05) is 6.92 Å². The van der Waals surface area contributed by atoms with E-state index in [1.165, 1.54) is 12.8 Å². The summed E-state index contributed by atoms with van der Waals surface area (Å²) in [6.07, 6.45) is 3.35. The largest absolute Gasteiger partial charge is 0.342 e. The molecule has 3 nitrogen and oxygen atoms in total. The molecule has 1 aliphatic heterocycles. The van der Waals surface area contributed by atoms with Gasteiger partial charge in [-0.05, 0) is 25.8 Å². The Kier molecular flexibility index (Phi) is 5.33. The van der Waals surface area contributed by atoms with E-state index >= 15 is 0 Å². The van der Waals surface area contributed by atoms with Crippen molar-refractivity contribution in [2.45, 2.75) is 31.4 Å². The maximum absolute atomic E-state index is 11.6. The van der Waals surface area contributed by atoms with Crippen LogP contribution in [0.3, 0.4) is 0 Å². The Morgan fingerprint density at radius 1 is 1.50 bits per heavy atom. The highest BCUT2D eigenvalue weighted by Gasteiger charge is 2.18. The van der Waals surface area contributed by atoms with Gasteiger partial charge in [0.15, 0.2) is 0 Å². The summed E-state index contributed by atoms with van der Waals surface area (Å²) in [6.45, 7) is 4.77. The van der Waals surface area contributed by atoms with Gasteiger partial charge in [0.2, 0.25) is 5.91 Å². The third-order valence-corrected chi connectivity index (χ3v) is 3.74. The second-order valence-corrected chi connectivity index (χ2v) is 5.21. The number of hydrogen-bond acceptors (Lipinski definition) is 3. The van der Waals surface area contributed by atoms with Gasteiger partial charge in [-0.2, -0.15) is 0 Å². The van der Waals surface area contributed by atoms with E-state index < -0.39 is 0 Å². The van der Waals surface area contributed by atoms with Crippen molar-refractivity contribution in [1.82, 2.24) is 4.90 Å². The van der Waals surface area contributed by atoms with Crippen molar-refractivity contribution in [2.75, 3.05) is 25.4 Å². The maximum atomic E-state index is 11.6. The zero-order chi connectivity index (χ0) is 10.4. The minimum Gasteiger partial charge on any atom is -0.342 e. The second kappa shape index (κ2) is 6.30. The van der Waals surface area contributed by atoms with Gasteiger partial charge >= 0.3 is 0 Å².